The normalized spacial score (nSPS) is 11.2. The Balaban J connectivity index is 1.80. The highest BCUT2D eigenvalue weighted by Crippen LogP contribution is 2.22. The average molecular weight is 249 g/mol. The van der Waals surface area contributed by atoms with Gasteiger partial charge in [0.2, 0.25) is 0 Å². The summed E-state index contributed by atoms with van der Waals surface area (Å²) in [5, 5.41) is 0. The lowest BCUT2D eigenvalue weighted by molar-refractivity contribution is 0.881. The van der Waals surface area contributed by atoms with Crippen LogP contribution in [0, 0.1) is 18.3 Å². The third-order valence-electron chi connectivity index (χ3n) is 3.14. The lowest BCUT2D eigenvalue weighted by Crippen LogP contribution is -2.06. The van der Waals surface area contributed by atoms with Crippen molar-refractivity contribution in [1.82, 2.24) is 0 Å². The Labute approximate surface area is 117 Å². The van der Waals surface area contributed by atoms with Gasteiger partial charge in [-0.15, -0.1) is 0 Å². The highest BCUT2D eigenvalue weighted by Gasteiger charge is 2.11. The van der Waals surface area contributed by atoms with Gasteiger partial charge in [0.15, 0.2) is 0 Å². The Bertz CT molecular complexity index is 412. The molecule has 0 N–H and O–H groups in total. The van der Waals surface area contributed by atoms with Crippen LogP contribution in [0.1, 0.15) is 25.0 Å². The molecular weight excluding hydrogens is 228 g/mol. The molecule has 0 spiro atoms. The van der Waals surface area contributed by atoms with Gasteiger partial charge in [-0.2, -0.15) is 0 Å². The zero-order chi connectivity index (χ0) is 13.5. The first-order chi connectivity index (χ1) is 9.24. The molecule has 0 fully saturated rings. The minimum atomic E-state index is 1.03. The Hall–Kier alpha value is -1.56. The van der Waals surface area contributed by atoms with Crippen LogP contribution in [0.25, 0.3) is 0 Å². The summed E-state index contributed by atoms with van der Waals surface area (Å²) in [5.74, 6) is 2.83. The molecule has 0 amide bonds. The molecule has 19 heavy (non-hydrogen) atoms. The molecule has 0 heterocycles. The fourth-order valence-corrected chi connectivity index (χ4v) is 2.36. The molecule has 2 aromatic rings. The number of hydrogen-bond donors (Lipinski definition) is 0. The molecule has 0 saturated carbocycles. The summed E-state index contributed by atoms with van der Waals surface area (Å²) in [7, 11) is 0. The third-order valence-corrected chi connectivity index (χ3v) is 3.14. The number of rotatable bonds is 6. The second-order valence-electron chi connectivity index (χ2n) is 5.16. The van der Waals surface area contributed by atoms with E-state index in [1.54, 1.807) is 0 Å². The van der Waals surface area contributed by atoms with Crippen molar-refractivity contribution in [3.63, 3.8) is 0 Å². The highest BCUT2D eigenvalue weighted by atomic mass is 14.2. The first-order valence-electron chi connectivity index (χ1n) is 6.81. The van der Waals surface area contributed by atoms with Crippen LogP contribution in [-0.4, -0.2) is 0 Å². The molecule has 0 atom stereocenters. The summed E-state index contributed by atoms with van der Waals surface area (Å²) in [6, 6.07) is 21.3. The molecule has 0 unspecified atom stereocenters. The van der Waals surface area contributed by atoms with Crippen molar-refractivity contribution in [3.8, 4) is 0 Å². The van der Waals surface area contributed by atoms with E-state index in [9.17, 15) is 0 Å². The minimum Gasteiger partial charge on any atom is -0.0622 e. The van der Waals surface area contributed by atoms with Crippen molar-refractivity contribution >= 4 is 0 Å². The van der Waals surface area contributed by atoms with Crippen LogP contribution in [0.15, 0.2) is 60.7 Å². The molecule has 2 rings (SSSR count). The van der Waals surface area contributed by atoms with E-state index in [-0.39, 0.29) is 0 Å². The maximum atomic E-state index is 2.32. The summed E-state index contributed by atoms with van der Waals surface area (Å²) in [6.07, 6.45) is 4.39. The maximum Gasteiger partial charge on any atom is -0.0189 e. The lowest BCUT2D eigenvalue weighted by atomic mass is 9.88. The molecule has 3 radical (unpaired) electrons. The molecule has 0 nitrogen and oxygen atoms in total. The van der Waals surface area contributed by atoms with Crippen LogP contribution in [-0.2, 0) is 12.8 Å². The van der Waals surface area contributed by atoms with E-state index < -0.39 is 0 Å². The predicted molar refractivity (Wildman–Crippen MR) is 82.4 cm³/mol. The van der Waals surface area contributed by atoms with Crippen LogP contribution in [0.4, 0.5) is 0 Å². The van der Waals surface area contributed by atoms with Crippen LogP contribution >= 0.6 is 0 Å². The van der Waals surface area contributed by atoms with Gasteiger partial charge in [0.05, 0.1) is 0 Å². The molecule has 0 heteroatoms. The van der Waals surface area contributed by atoms with E-state index in [0.29, 0.717) is 0 Å². The van der Waals surface area contributed by atoms with E-state index in [0.717, 1.165) is 12.8 Å². The van der Waals surface area contributed by atoms with Gasteiger partial charge < -0.3 is 0 Å². The summed E-state index contributed by atoms with van der Waals surface area (Å²) in [5.41, 5.74) is 2.76. The molecule has 0 aliphatic carbocycles. The van der Waals surface area contributed by atoms with E-state index in [1.165, 1.54) is 23.0 Å². The van der Waals surface area contributed by atoms with Gasteiger partial charge in [-0.3, -0.25) is 0 Å². The molecule has 0 aliphatic heterocycles. The van der Waals surface area contributed by atoms with Gasteiger partial charge in [0, 0.05) is 0 Å². The summed E-state index contributed by atoms with van der Waals surface area (Å²) < 4.78 is 0. The zero-order valence-corrected chi connectivity index (χ0v) is 11.8. The third kappa shape index (κ3) is 4.90. The van der Waals surface area contributed by atoms with E-state index in [2.05, 4.69) is 80.9 Å². The first-order valence-corrected chi connectivity index (χ1v) is 6.81. The minimum absolute atomic E-state index is 1.03. The molecule has 0 aliphatic rings. The van der Waals surface area contributed by atoms with Gasteiger partial charge in [-0.05, 0) is 42.2 Å². The first kappa shape index (κ1) is 13.9. The van der Waals surface area contributed by atoms with E-state index in [1.807, 2.05) is 0 Å². The second-order valence-corrected chi connectivity index (χ2v) is 5.16. The number of benzene rings is 2. The Morgan fingerprint density at radius 2 is 1.05 bits per heavy atom. The predicted octanol–water partition coefficient (Wildman–Crippen LogP) is 4.86. The fourth-order valence-electron chi connectivity index (χ4n) is 2.36. The number of hydrogen-bond acceptors (Lipinski definition) is 0. The van der Waals surface area contributed by atoms with Gasteiger partial charge in [-0.1, -0.05) is 74.5 Å². The van der Waals surface area contributed by atoms with Crippen LogP contribution < -0.4 is 0 Å². The Morgan fingerprint density at radius 1 is 0.684 bits per heavy atom. The van der Waals surface area contributed by atoms with Gasteiger partial charge in [0.1, 0.15) is 0 Å². The standard InChI is InChI=1S/C19H21/c1-16(14-18-9-5-3-6-10-18)13-17(2)15-19-11-7-4-8-12-19/h3-13H,14-15H2,1-2H3. The molecule has 97 valence electrons. The zero-order valence-electron chi connectivity index (χ0n) is 11.8. The molecule has 0 saturated heterocycles. The van der Waals surface area contributed by atoms with E-state index in [4.69, 9.17) is 0 Å². The molecule has 0 bridgehead atoms. The van der Waals surface area contributed by atoms with Gasteiger partial charge in [0.25, 0.3) is 0 Å². The van der Waals surface area contributed by atoms with Crippen molar-refractivity contribution in [2.45, 2.75) is 26.7 Å². The van der Waals surface area contributed by atoms with Crippen molar-refractivity contribution in [3.05, 3.63) is 90.0 Å². The fraction of sp³-hybridized carbons (Fsp3) is 0.211. The molecule has 0 aromatic heterocycles. The van der Waals surface area contributed by atoms with Crippen LogP contribution in [0.2, 0.25) is 0 Å². The van der Waals surface area contributed by atoms with Crippen molar-refractivity contribution < 1.29 is 0 Å². The topological polar surface area (TPSA) is 0 Å². The second kappa shape index (κ2) is 7.13. The Kier molecular flexibility index (Phi) is 5.20. The highest BCUT2D eigenvalue weighted by molar-refractivity contribution is 5.28. The Morgan fingerprint density at radius 3 is 1.42 bits per heavy atom. The van der Waals surface area contributed by atoms with Crippen molar-refractivity contribution in [2.24, 2.45) is 0 Å². The van der Waals surface area contributed by atoms with Crippen LogP contribution in [0.3, 0.4) is 0 Å². The van der Waals surface area contributed by atoms with Crippen molar-refractivity contribution in [2.75, 3.05) is 0 Å². The quantitative estimate of drug-likeness (QED) is 0.685. The smallest absolute Gasteiger partial charge is 0.0189 e. The van der Waals surface area contributed by atoms with Gasteiger partial charge in [-0.25, -0.2) is 0 Å². The summed E-state index contributed by atoms with van der Waals surface area (Å²) >= 11 is 0. The van der Waals surface area contributed by atoms with Crippen molar-refractivity contribution in [1.29, 1.82) is 0 Å². The summed E-state index contributed by atoms with van der Waals surface area (Å²) in [6.45, 7) is 4.42. The average Bonchev–Trinajstić information content (AvgIpc) is 2.40. The molecular formula is C19H21. The summed E-state index contributed by atoms with van der Waals surface area (Å²) in [4.78, 5) is 0. The lowest BCUT2D eigenvalue weighted by Gasteiger charge is -2.16. The SMILES string of the molecule is C[C]([CH][C](C)Cc1ccccc1)Cc1ccccc1. The molecule has 2 aromatic carbocycles. The largest absolute Gasteiger partial charge is 0.0622 e. The maximum absolute atomic E-state index is 2.32. The van der Waals surface area contributed by atoms with Gasteiger partial charge >= 0.3 is 0 Å². The van der Waals surface area contributed by atoms with Crippen LogP contribution in [0.5, 0.6) is 0 Å². The van der Waals surface area contributed by atoms with E-state index >= 15 is 0 Å². The monoisotopic (exact) mass is 249 g/mol.